The lowest BCUT2D eigenvalue weighted by Gasteiger charge is -2.28. The molecule has 4 heterocycles. The molecule has 5 aromatic rings. The van der Waals surface area contributed by atoms with E-state index in [1.54, 1.807) is 29.0 Å². The molecule has 1 unspecified atom stereocenters. The molecular formula is C26H21ClN6O2. The van der Waals surface area contributed by atoms with Crippen LogP contribution >= 0.6 is 11.6 Å². The van der Waals surface area contributed by atoms with Crippen molar-refractivity contribution in [3.63, 3.8) is 0 Å². The number of aromatic nitrogens is 5. The molecule has 35 heavy (non-hydrogen) atoms. The van der Waals surface area contributed by atoms with Crippen LogP contribution in [0.25, 0.3) is 27.6 Å². The molecule has 0 saturated carbocycles. The molecule has 8 nitrogen and oxygen atoms in total. The van der Waals surface area contributed by atoms with Gasteiger partial charge in [0.15, 0.2) is 5.43 Å². The van der Waals surface area contributed by atoms with Crippen molar-refractivity contribution in [2.75, 3.05) is 11.4 Å². The van der Waals surface area contributed by atoms with Gasteiger partial charge in [0, 0.05) is 25.9 Å². The summed E-state index contributed by atoms with van der Waals surface area (Å²) in [6, 6.07) is 16.0. The Morgan fingerprint density at radius 1 is 0.971 bits per heavy atom. The predicted molar refractivity (Wildman–Crippen MR) is 136 cm³/mol. The van der Waals surface area contributed by atoms with Crippen LogP contribution in [0.4, 0.5) is 5.82 Å². The van der Waals surface area contributed by atoms with Gasteiger partial charge in [0.2, 0.25) is 0 Å². The highest BCUT2D eigenvalue weighted by molar-refractivity contribution is 6.35. The topological polar surface area (TPSA) is 85.9 Å². The molecule has 0 amide bonds. The monoisotopic (exact) mass is 484 g/mol. The largest absolute Gasteiger partial charge is 0.346 e. The molecule has 0 spiro atoms. The Morgan fingerprint density at radius 2 is 1.80 bits per heavy atom. The van der Waals surface area contributed by atoms with E-state index in [1.165, 1.54) is 12.4 Å². The summed E-state index contributed by atoms with van der Waals surface area (Å²) in [6.45, 7) is 0.674. The second-order valence-electron chi connectivity index (χ2n) is 8.62. The van der Waals surface area contributed by atoms with Crippen LogP contribution in [0, 0.1) is 0 Å². The van der Waals surface area contributed by atoms with Crippen LogP contribution in [0.3, 0.4) is 0 Å². The maximum atomic E-state index is 13.8. The van der Waals surface area contributed by atoms with Gasteiger partial charge in [-0.15, -0.1) is 0 Å². The standard InChI is InChI=1S/C26H21ClN6O2/c1-31-14-12-20(34)22-24(31)28-15-29-25(22)32-13-6-11-19(32)23-30-18-10-5-9-17(27)21(18)26(35)33(23)16-7-3-2-4-8-16/h2-5,7-10,12,14-15,19H,6,11,13H2,1H3. The van der Waals surface area contributed by atoms with Gasteiger partial charge in [-0.25, -0.2) is 15.0 Å². The third kappa shape index (κ3) is 3.40. The van der Waals surface area contributed by atoms with Crippen molar-refractivity contribution in [1.29, 1.82) is 0 Å². The van der Waals surface area contributed by atoms with Crippen LogP contribution in [-0.2, 0) is 7.05 Å². The van der Waals surface area contributed by atoms with E-state index in [0.717, 1.165) is 12.8 Å². The second kappa shape index (κ2) is 8.32. The highest BCUT2D eigenvalue weighted by Crippen LogP contribution is 2.37. The van der Waals surface area contributed by atoms with E-state index in [0.29, 0.717) is 50.8 Å². The maximum absolute atomic E-state index is 13.8. The summed E-state index contributed by atoms with van der Waals surface area (Å²) in [6.07, 6.45) is 4.79. The first-order valence-corrected chi connectivity index (χ1v) is 11.8. The van der Waals surface area contributed by atoms with E-state index in [1.807, 2.05) is 41.9 Å². The average Bonchev–Trinajstić information content (AvgIpc) is 3.36. The predicted octanol–water partition coefficient (Wildman–Crippen LogP) is 4.02. The lowest BCUT2D eigenvalue weighted by Crippen LogP contribution is -2.32. The van der Waals surface area contributed by atoms with Crippen molar-refractivity contribution in [3.05, 3.63) is 98.5 Å². The van der Waals surface area contributed by atoms with Crippen LogP contribution in [0.1, 0.15) is 24.7 Å². The normalized spacial score (nSPS) is 15.8. The minimum atomic E-state index is -0.269. The molecule has 0 N–H and O–H groups in total. The Morgan fingerprint density at radius 3 is 2.63 bits per heavy atom. The summed E-state index contributed by atoms with van der Waals surface area (Å²) in [5.41, 5.74) is 1.44. The van der Waals surface area contributed by atoms with Gasteiger partial charge in [0.05, 0.1) is 27.7 Å². The molecule has 0 aliphatic carbocycles. The van der Waals surface area contributed by atoms with E-state index in [4.69, 9.17) is 16.6 Å². The number of anilines is 1. The van der Waals surface area contributed by atoms with E-state index in [-0.39, 0.29) is 17.0 Å². The SMILES string of the molecule is Cn1ccc(=O)c2c(N3CCCC3c3nc4cccc(Cl)c4c(=O)n3-c3ccccc3)ncnc21. The quantitative estimate of drug-likeness (QED) is 0.384. The van der Waals surface area contributed by atoms with Crippen LogP contribution < -0.4 is 15.9 Å². The van der Waals surface area contributed by atoms with E-state index in [9.17, 15) is 9.59 Å². The number of nitrogens with zero attached hydrogens (tertiary/aromatic N) is 6. The summed E-state index contributed by atoms with van der Waals surface area (Å²) in [7, 11) is 1.85. The first-order valence-electron chi connectivity index (χ1n) is 11.4. The third-order valence-electron chi connectivity index (χ3n) is 6.55. The Balaban J connectivity index is 1.63. The number of benzene rings is 2. The zero-order valence-electron chi connectivity index (χ0n) is 18.9. The second-order valence-corrected chi connectivity index (χ2v) is 9.03. The van der Waals surface area contributed by atoms with Crippen LogP contribution in [0.5, 0.6) is 0 Å². The summed E-state index contributed by atoms with van der Waals surface area (Å²) < 4.78 is 3.45. The van der Waals surface area contributed by atoms with Gasteiger partial charge >= 0.3 is 0 Å². The molecule has 0 bridgehead atoms. The minimum Gasteiger partial charge on any atom is -0.346 e. The number of hydrogen-bond acceptors (Lipinski definition) is 6. The number of rotatable bonds is 3. The van der Waals surface area contributed by atoms with Crippen LogP contribution in [0.15, 0.2) is 76.7 Å². The number of hydrogen-bond donors (Lipinski definition) is 0. The number of halogens is 1. The Kier molecular flexibility index (Phi) is 5.11. The number of para-hydroxylation sites is 1. The van der Waals surface area contributed by atoms with Crippen molar-refractivity contribution in [1.82, 2.24) is 24.1 Å². The van der Waals surface area contributed by atoms with Gasteiger partial charge in [-0.2, -0.15) is 0 Å². The first-order chi connectivity index (χ1) is 17.0. The highest BCUT2D eigenvalue weighted by Gasteiger charge is 2.33. The van der Waals surface area contributed by atoms with E-state index in [2.05, 4.69) is 14.9 Å². The van der Waals surface area contributed by atoms with Crippen molar-refractivity contribution in [3.8, 4) is 5.69 Å². The lowest BCUT2D eigenvalue weighted by molar-refractivity contribution is 0.634. The molecular weight excluding hydrogens is 464 g/mol. The molecule has 1 atom stereocenters. The van der Waals surface area contributed by atoms with Gasteiger partial charge in [0.25, 0.3) is 5.56 Å². The summed E-state index contributed by atoms with van der Waals surface area (Å²) in [5, 5.41) is 1.21. The number of fused-ring (bicyclic) bond motifs is 2. The molecule has 1 aliphatic rings. The van der Waals surface area contributed by atoms with Gasteiger partial charge < -0.3 is 9.47 Å². The summed E-state index contributed by atoms with van der Waals surface area (Å²) in [4.78, 5) is 42.6. The smallest absolute Gasteiger partial charge is 0.267 e. The molecule has 3 aromatic heterocycles. The molecule has 9 heteroatoms. The third-order valence-corrected chi connectivity index (χ3v) is 6.86. The number of aryl methyl sites for hydroxylation is 1. The van der Waals surface area contributed by atoms with Gasteiger partial charge in [0.1, 0.15) is 29.0 Å². The highest BCUT2D eigenvalue weighted by atomic mass is 35.5. The Hall–Kier alpha value is -4.04. The zero-order chi connectivity index (χ0) is 24.1. The van der Waals surface area contributed by atoms with Gasteiger partial charge in [-0.05, 0) is 37.1 Å². The fourth-order valence-electron chi connectivity index (χ4n) is 4.95. The first kappa shape index (κ1) is 21.5. The molecule has 0 radical (unpaired) electrons. The molecule has 1 aliphatic heterocycles. The maximum Gasteiger partial charge on any atom is 0.267 e. The van der Waals surface area contributed by atoms with Crippen molar-refractivity contribution in [2.24, 2.45) is 7.05 Å². The minimum absolute atomic E-state index is 0.141. The summed E-state index contributed by atoms with van der Waals surface area (Å²) in [5.74, 6) is 1.15. The number of pyridine rings is 1. The molecule has 174 valence electrons. The van der Waals surface area contributed by atoms with Gasteiger partial charge in [-0.3, -0.25) is 14.2 Å². The van der Waals surface area contributed by atoms with Crippen molar-refractivity contribution in [2.45, 2.75) is 18.9 Å². The zero-order valence-corrected chi connectivity index (χ0v) is 19.7. The summed E-state index contributed by atoms with van der Waals surface area (Å²) >= 11 is 6.44. The van der Waals surface area contributed by atoms with Crippen molar-refractivity contribution >= 4 is 39.4 Å². The average molecular weight is 485 g/mol. The van der Waals surface area contributed by atoms with Crippen LogP contribution in [-0.4, -0.2) is 30.6 Å². The molecule has 1 fully saturated rings. The Labute approximate surface area is 205 Å². The molecule has 6 rings (SSSR count). The fourth-order valence-corrected chi connectivity index (χ4v) is 5.20. The molecule has 1 saturated heterocycles. The molecule has 2 aromatic carbocycles. The van der Waals surface area contributed by atoms with Crippen molar-refractivity contribution < 1.29 is 0 Å². The van der Waals surface area contributed by atoms with E-state index < -0.39 is 0 Å². The van der Waals surface area contributed by atoms with Gasteiger partial charge in [-0.1, -0.05) is 35.9 Å². The van der Waals surface area contributed by atoms with E-state index >= 15 is 0 Å². The fraction of sp³-hybridized carbons (Fsp3) is 0.192. The van der Waals surface area contributed by atoms with Crippen LogP contribution in [0.2, 0.25) is 5.02 Å². The Bertz CT molecular complexity index is 1710. The lowest BCUT2D eigenvalue weighted by atomic mass is 10.1.